The standard InChI is InChI=1S/C14H18BrFN2O3/c1-9-3-2-4-14(19,7-9)8-17-12-6-11(16)10(15)5-13(12)18(20)21/h5-6,9,17,19H,2-4,7-8H2,1H3. The highest BCUT2D eigenvalue weighted by Gasteiger charge is 2.33. The largest absolute Gasteiger partial charge is 0.388 e. The van der Waals surface area contributed by atoms with Gasteiger partial charge in [-0.25, -0.2) is 4.39 Å². The van der Waals surface area contributed by atoms with Crippen LogP contribution in [0.5, 0.6) is 0 Å². The fourth-order valence-electron chi connectivity index (χ4n) is 2.88. The van der Waals surface area contributed by atoms with Gasteiger partial charge in [0.1, 0.15) is 11.5 Å². The van der Waals surface area contributed by atoms with Gasteiger partial charge in [0.2, 0.25) is 0 Å². The van der Waals surface area contributed by atoms with Crippen molar-refractivity contribution in [1.82, 2.24) is 0 Å². The third-order valence-electron chi connectivity index (χ3n) is 3.91. The van der Waals surface area contributed by atoms with Crippen LogP contribution in [0.4, 0.5) is 15.8 Å². The third kappa shape index (κ3) is 3.91. The second kappa shape index (κ2) is 6.27. The van der Waals surface area contributed by atoms with Crippen LogP contribution in [-0.4, -0.2) is 22.2 Å². The maximum absolute atomic E-state index is 13.6. The Hall–Kier alpha value is -1.21. The topological polar surface area (TPSA) is 75.4 Å². The van der Waals surface area contributed by atoms with E-state index < -0.39 is 16.3 Å². The first-order valence-electron chi connectivity index (χ1n) is 6.90. The van der Waals surface area contributed by atoms with E-state index in [2.05, 4.69) is 28.2 Å². The number of halogens is 2. The summed E-state index contributed by atoms with van der Waals surface area (Å²) in [5.41, 5.74) is -1.02. The molecule has 1 aliphatic rings. The Labute approximate surface area is 130 Å². The van der Waals surface area contributed by atoms with Crippen LogP contribution < -0.4 is 5.32 Å². The molecule has 1 aliphatic carbocycles. The Morgan fingerprint density at radius 1 is 1.62 bits per heavy atom. The van der Waals surface area contributed by atoms with E-state index in [1.165, 1.54) is 0 Å². The van der Waals surface area contributed by atoms with Crippen LogP contribution in [0.2, 0.25) is 0 Å². The zero-order chi connectivity index (χ0) is 15.6. The van der Waals surface area contributed by atoms with Gasteiger partial charge in [-0.2, -0.15) is 0 Å². The SMILES string of the molecule is CC1CCCC(O)(CNc2cc(F)c(Br)cc2[N+](=O)[O-])C1. The second-order valence-corrected chi connectivity index (χ2v) is 6.67. The van der Waals surface area contributed by atoms with Crippen LogP contribution in [0.3, 0.4) is 0 Å². The van der Waals surface area contributed by atoms with Crippen molar-refractivity contribution in [3.05, 3.63) is 32.5 Å². The van der Waals surface area contributed by atoms with E-state index in [0.717, 1.165) is 25.0 Å². The summed E-state index contributed by atoms with van der Waals surface area (Å²) in [6.45, 7) is 2.26. The molecule has 5 nitrogen and oxygen atoms in total. The minimum Gasteiger partial charge on any atom is -0.388 e. The summed E-state index contributed by atoms with van der Waals surface area (Å²) >= 11 is 2.94. The molecule has 2 atom stereocenters. The van der Waals surface area contributed by atoms with Crippen molar-refractivity contribution in [3.63, 3.8) is 0 Å². The highest BCUT2D eigenvalue weighted by molar-refractivity contribution is 9.10. The molecule has 0 bridgehead atoms. The molecule has 1 aromatic carbocycles. The molecule has 2 N–H and O–H groups in total. The number of aliphatic hydroxyl groups is 1. The quantitative estimate of drug-likeness (QED) is 0.631. The van der Waals surface area contributed by atoms with Crippen molar-refractivity contribution in [1.29, 1.82) is 0 Å². The van der Waals surface area contributed by atoms with E-state index in [-0.39, 0.29) is 22.4 Å². The number of nitrogens with one attached hydrogen (secondary N) is 1. The number of hydrogen-bond acceptors (Lipinski definition) is 4. The Bertz CT molecular complexity index is 555. The Morgan fingerprint density at radius 2 is 2.33 bits per heavy atom. The van der Waals surface area contributed by atoms with Crippen molar-refractivity contribution >= 4 is 27.3 Å². The minimum atomic E-state index is -0.894. The van der Waals surface area contributed by atoms with E-state index in [0.29, 0.717) is 18.8 Å². The van der Waals surface area contributed by atoms with Crippen molar-refractivity contribution in [3.8, 4) is 0 Å². The van der Waals surface area contributed by atoms with Crippen LogP contribution in [0.15, 0.2) is 16.6 Å². The van der Waals surface area contributed by atoms with Gasteiger partial charge in [0.15, 0.2) is 0 Å². The maximum Gasteiger partial charge on any atom is 0.293 e. The molecule has 1 saturated carbocycles. The predicted octanol–water partition coefficient (Wildman–Crippen LogP) is 3.85. The van der Waals surface area contributed by atoms with Crippen LogP contribution in [0.1, 0.15) is 32.6 Å². The van der Waals surface area contributed by atoms with E-state index in [1.807, 2.05) is 0 Å². The molecular weight excluding hydrogens is 343 g/mol. The lowest BCUT2D eigenvalue weighted by atomic mass is 9.79. The fraction of sp³-hybridized carbons (Fsp3) is 0.571. The lowest BCUT2D eigenvalue weighted by molar-refractivity contribution is -0.384. The zero-order valence-electron chi connectivity index (χ0n) is 11.7. The summed E-state index contributed by atoms with van der Waals surface area (Å²) in [6.07, 6.45) is 3.30. The second-order valence-electron chi connectivity index (χ2n) is 5.82. The summed E-state index contributed by atoms with van der Waals surface area (Å²) in [5.74, 6) is -0.158. The zero-order valence-corrected chi connectivity index (χ0v) is 13.3. The number of nitrogens with zero attached hydrogens (tertiary/aromatic N) is 1. The summed E-state index contributed by atoms with van der Waals surface area (Å²) < 4.78 is 13.6. The Morgan fingerprint density at radius 3 is 2.95 bits per heavy atom. The molecule has 0 aliphatic heterocycles. The smallest absolute Gasteiger partial charge is 0.293 e. The van der Waals surface area contributed by atoms with Crippen LogP contribution in [-0.2, 0) is 0 Å². The van der Waals surface area contributed by atoms with Crippen molar-refractivity contribution in [2.75, 3.05) is 11.9 Å². The molecular formula is C14H18BrFN2O3. The van der Waals surface area contributed by atoms with Gasteiger partial charge in [-0.15, -0.1) is 0 Å². The molecule has 0 heterocycles. The molecule has 116 valence electrons. The molecule has 2 unspecified atom stereocenters. The average Bonchev–Trinajstić information content (AvgIpc) is 2.39. The summed E-state index contributed by atoms with van der Waals surface area (Å²) in [5, 5.41) is 24.4. The molecule has 2 rings (SSSR count). The van der Waals surface area contributed by atoms with Gasteiger partial charge >= 0.3 is 0 Å². The van der Waals surface area contributed by atoms with Crippen LogP contribution in [0.25, 0.3) is 0 Å². The van der Waals surface area contributed by atoms with Gasteiger partial charge in [-0.3, -0.25) is 10.1 Å². The summed E-state index contributed by atoms with van der Waals surface area (Å²) in [7, 11) is 0. The molecule has 1 aromatic rings. The minimum absolute atomic E-state index is 0.0461. The lowest BCUT2D eigenvalue weighted by Gasteiger charge is -2.35. The molecule has 0 radical (unpaired) electrons. The van der Waals surface area contributed by atoms with Crippen molar-refractivity contribution in [2.45, 2.75) is 38.2 Å². The molecule has 0 spiro atoms. The van der Waals surface area contributed by atoms with Gasteiger partial charge in [-0.05, 0) is 34.7 Å². The number of nitro groups is 1. The van der Waals surface area contributed by atoms with E-state index in [1.54, 1.807) is 0 Å². The number of benzene rings is 1. The first-order valence-corrected chi connectivity index (χ1v) is 7.70. The van der Waals surface area contributed by atoms with Gasteiger partial charge in [0.25, 0.3) is 5.69 Å². The van der Waals surface area contributed by atoms with Crippen molar-refractivity contribution in [2.24, 2.45) is 5.92 Å². The molecule has 7 heteroatoms. The first-order chi connectivity index (χ1) is 9.81. The maximum atomic E-state index is 13.6. The molecule has 0 aromatic heterocycles. The van der Waals surface area contributed by atoms with Gasteiger partial charge in [0, 0.05) is 18.7 Å². The van der Waals surface area contributed by atoms with Gasteiger partial charge in [0.05, 0.1) is 15.0 Å². The van der Waals surface area contributed by atoms with Gasteiger partial charge < -0.3 is 10.4 Å². The third-order valence-corrected chi connectivity index (χ3v) is 4.52. The Kier molecular flexibility index (Phi) is 4.83. The first kappa shape index (κ1) is 16.2. The van der Waals surface area contributed by atoms with Crippen LogP contribution >= 0.6 is 15.9 Å². The van der Waals surface area contributed by atoms with Crippen LogP contribution in [0, 0.1) is 21.8 Å². The number of nitro benzene ring substituents is 1. The van der Waals surface area contributed by atoms with Crippen molar-refractivity contribution < 1.29 is 14.4 Å². The number of rotatable bonds is 4. The lowest BCUT2D eigenvalue weighted by Crippen LogP contribution is -2.41. The van der Waals surface area contributed by atoms with E-state index >= 15 is 0 Å². The summed E-state index contributed by atoms with van der Waals surface area (Å²) in [4.78, 5) is 10.5. The fourth-order valence-corrected chi connectivity index (χ4v) is 3.21. The predicted molar refractivity (Wildman–Crippen MR) is 81.8 cm³/mol. The highest BCUT2D eigenvalue weighted by Crippen LogP contribution is 2.34. The molecule has 0 amide bonds. The molecule has 21 heavy (non-hydrogen) atoms. The average molecular weight is 361 g/mol. The van der Waals surface area contributed by atoms with E-state index in [9.17, 15) is 19.6 Å². The normalized spacial score (nSPS) is 25.6. The van der Waals surface area contributed by atoms with Gasteiger partial charge in [-0.1, -0.05) is 19.8 Å². The van der Waals surface area contributed by atoms with E-state index in [4.69, 9.17) is 0 Å². The highest BCUT2D eigenvalue weighted by atomic mass is 79.9. The number of hydrogen-bond donors (Lipinski definition) is 2. The Balaban J connectivity index is 2.16. The monoisotopic (exact) mass is 360 g/mol. The molecule has 0 saturated heterocycles. The molecule has 1 fully saturated rings. The number of anilines is 1. The summed E-state index contributed by atoms with van der Waals surface area (Å²) in [6, 6.07) is 2.21.